The molecule has 0 atom stereocenters. The largest absolute Gasteiger partial charge is 0.398 e. The molecule has 7 nitrogen and oxygen atoms in total. The first-order valence-corrected chi connectivity index (χ1v) is 9.08. The minimum Gasteiger partial charge on any atom is -0.398 e. The van der Waals surface area contributed by atoms with Crippen LogP contribution < -0.4 is 15.6 Å². The third kappa shape index (κ3) is 4.73. The molecule has 1 aromatic carbocycles. The minimum absolute atomic E-state index is 0.00575. The quantitative estimate of drug-likeness (QED) is 0.621. The van der Waals surface area contributed by atoms with Gasteiger partial charge in [0, 0.05) is 16.7 Å². The van der Waals surface area contributed by atoms with E-state index >= 15 is 0 Å². The van der Waals surface area contributed by atoms with Gasteiger partial charge in [-0.3, -0.25) is 0 Å². The van der Waals surface area contributed by atoms with Crippen LogP contribution in [0, 0.1) is 6.92 Å². The van der Waals surface area contributed by atoms with Crippen molar-refractivity contribution >= 4 is 41.7 Å². The number of benzene rings is 1. The zero-order valence-electron chi connectivity index (χ0n) is 10.1. The molecule has 0 heterocycles. The Hall–Kier alpha value is -0.680. The van der Waals surface area contributed by atoms with Gasteiger partial charge in [0.15, 0.2) is 0 Å². The Bertz CT molecular complexity index is 686. The lowest BCUT2D eigenvalue weighted by molar-refractivity contribution is 0.581. The van der Waals surface area contributed by atoms with Crippen molar-refractivity contribution in [1.82, 2.24) is 4.72 Å². The highest BCUT2D eigenvalue weighted by Gasteiger charge is 2.19. The molecule has 5 N–H and O–H groups in total. The van der Waals surface area contributed by atoms with Crippen molar-refractivity contribution in [2.24, 2.45) is 5.14 Å². The highest BCUT2D eigenvalue weighted by molar-refractivity contribution is 9.10. The zero-order chi connectivity index (χ0) is 14.8. The molecular formula is C9H14BrN3O4S2. The van der Waals surface area contributed by atoms with Gasteiger partial charge < -0.3 is 5.73 Å². The van der Waals surface area contributed by atoms with Crippen LogP contribution in [0.3, 0.4) is 0 Å². The maximum absolute atomic E-state index is 12.0. The van der Waals surface area contributed by atoms with Crippen LogP contribution in [-0.2, 0) is 20.0 Å². The van der Waals surface area contributed by atoms with Gasteiger partial charge in [-0.1, -0.05) is 15.9 Å². The molecular weight excluding hydrogens is 358 g/mol. The van der Waals surface area contributed by atoms with Crippen molar-refractivity contribution in [3.8, 4) is 0 Å². The number of nitrogens with two attached hydrogens (primary N) is 2. The first kappa shape index (κ1) is 16.4. The smallest absolute Gasteiger partial charge is 0.240 e. The average molecular weight is 372 g/mol. The van der Waals surface area contributed by atoms with Crippen molar-refractivity contribution in [2.45, 2.75) is 11.8 Å². The predicted octanol–water partition coefficient (Wildman–Crippen LogP) is -0.0935. The summed E-state index contributed by atoms with van der Waals surface area (Å²) in [5.41, 5.74) is 6.39. The minimum atomic E-state index is -3.84. The fourth-order valence-corrected chi connectivity index (χ4v) is 3.82. The normalized spacial score (nSPS) is 12.6. The van der Waals surface area contributed by atoms with Crippen molar-refractivity contribution in [3.05, 3.63) is 22.2 Å². The van der Waals surface area contributed by atoms with E-state index < -0.39 is 25.8 Å². The second-order valence-electron chi connectivity index (χ2n) is 3.88. The number of sulfonamides is 2. The molecule has 0 saturated carbocycles. The monoisotopic (exact) mass is 371 g/mol. The number of hydrogen-bond donors (Lipinski definition) is 3. The first-order valence-electron chi connectivity index (χ1n) is 5.09. The van der Waals surface area contributed by atoms with Gasteiger partial charge in [0.1, 0.15) is 0 Å². The molecule has 0 amide bonds. The van der Waals surface area contributed by atoms with E-state index in [4.69, 9.17) is 10.9 Å². The molecule has 19 heavy (non-hydrogen) atoms. The van der Waals surface area contributed by atoms with Gasteiger partial charge in [0.05, 0.1) is 10.6 Å². The summed E-state index contributed by atoms with van der Waals surface area (Å²) >= 11 is 3.15. The molecule has 0 bridgehead atoms. The summed E-state index contributed by atoms with van der Waals surface area (Å²) < 4.78 is 48.2. The number of nitrogen functional groups attached to an aromatic ring is 1. The summed E-state index contributed by atoms with van der Waals surface area (Å²) in [5.74, 6) is -0.477. The van der Waals surface area contributed by atoms with E-state index in [1.54, 1.807) is 13.0 Å². The van der Waals surface area contributed by atoms with Gasteiger partial charge >= 0.3 is 0 Å². The molecule has 108 valence electrons. The van der Waals surface area contributed by atoms with E-state index in [0.717, 1.165) is 0 Å². The SMILES string of the molecule is Cc1c(N)cc(Br)cc1S(=O)(=O)NCCS(N)(=O)=O. The summed E-state index contributed by atoms with van der Waals surface area (Å²) in [5, 5.41) is 4.79. The van der Waals surface area contributed by atoms with Crippen LogP contribution in [0.5, 0.6) is 0 Å². The number of hydrogen-bond acceptors (Lipinski definition) is 5. The fourth-order valence-electron chi connectivity index (χ4n) is 1.35. The fraction of sp³-hybridized carbons (Fsp3) is 0.333. The molecule has 0 aromatic heterocycles. The van der Waals surface area contributed by atoms with Crippen LogP contribution in [0.25, 0.3) is 0 Å². The Morgan fingerprint density at radius 2 is 1.84 bits per heavy atom. The van der Waals surface area contributed by atoms with Gasteiger partial charge in [-0.25, -0.2) is 26.7 Å². The van der Waals surface area contributed by atoms with Crippen molar-refractivity contribution < 1.29 is 16.8 Å². The maximum Gasteiger partial charge on any atom is 0.240 e. The molecule has 1 rings (SSSR count). The van der Waals surface area contributed by atoms with Crippen LogP contribution in [0.15, 0.2) is 21.5 Å². The molecule has 0 aliphatic heterocycles. The first-order chi connectivity index (χ1) is 8.53. The average Bonchev–Trinajstić information content (AvgIpc) is 2.20. The Balaban J connectivity index is 3.02. The lowest BCUT2D eigenvalue weighted by Gasteiger charge is -2.11. The maximum atomic E-state index is 12.0. The Morgan fingerprint density at radius 3 is 2.37 bits per heavy atom. The third-order valence-electron chi connectivity index (χ3n) is 2.33. The molecule has 0 fully saturated rings. The summed E-state index contributed by atoms with van der Waals surface area (Å²) in [4.78, 5) is -0.00575. The number of halogens is 1. The van der Waals surface area contributed by atoms with Gasteiger partial charge in [0.25, 0.3) is 0 Å². The molecule has 10 heteroatoms. The topological polar surface area (TPSA) is 132 Å². The van der Waals surface area contributed by atoms with Crippen LogP contribution in [0.1, 0.15) is 5.56 Å². The van der Waals surface area contributed by atoms with E-state index in [2.05, 4.69) is 20.7 Å². The number of rotatable bonds is 5. The molecule has 0 saturated heterocycles. The third-order valence-corrected chi connectivity index (χ3v) is 5.15. The van der Waals surface area contributed by atoms with Gasteiger partial charge in [-0.15, -0.1) is 0 Å². The van der Waals surface area contributed by atoms with Crippen LogP contribution >= 0.6 is 15.9 Å². The van der Waals surface area contributed by atoms with Crippen molar-refractivity contribution in [2.75, 3.05) is 18.0 Å². The number of anilines is 1. The summed E-state index contributed by atoms with van der Waals surface area (Å²) in [6.45, 7) is 1.27. The molecule has 0 aliphatic carbocycles. The van der Waals surface area contributed by atoms with Crippen molar-refractivity contribution in [3.63, 3.8) is 0 Å². The predicted molar refractivity (Wildman–Crippen MR) is 76.5 cm³/mol. The summed E-state index contributed by atoms with van der Waals surface area (Å²) in [7, 11) is -7.55. The molecule has 0 aliphatic rings. The van der Waals surface area contributed by atoms with Crippen LogP contribution in [-0.4, -0.2) is 29.1 Å². The molecule has 0 unspecified atom stereocenters. The second kappa shape index (κ2) is 5.75. The highest BCUT2D eigenvalue weighted by atomic mass is 79.9. The Morgan fingerprint density at radius 1 is 1.26 bits per heavy atom. The second-order valence-corrected chi connectivity index (χ2v) is 8.27. The van der Waals surface area contributed by atoms with E-state index in [9.17, 15) is 16.8 Å². The van der Waals surface area contributed by atoms with E-state index in [-0.39, 0.29) is 11.4 Å². The Labute approximate surface area is 120 Å². The van der Waals surface area contributed by atoms with Crippen LogP contribution in [0.4, 0.5) is 5.69 Å². The van der Waals surface area contributed by atoms with Crippen LogP contribution in [0.2, 0.25) is 0 Å². The van der Waals surface area contributed by atoms with Crippen molar-refractivity contribution in [1.29, 1.82) is 0 Å². The summed E-state index contributed by atoms with van der Waals surface area (Å²) in [6.07, 6.45) is 0. The molecule has 0 radical (unpaired) electrons. The van der Waals surface area contributed by atoms with Gasteiger partial charge in [-0.2, -0.15) is 0 Å². The number of primary sulfonamides is 1. The van der Waals surface area contributed by atoms with E-state index in [1.165, 1.54) is 6.07 Å². The van der Waals surface area contributed by atoms with E-state index in [0.29, 0.717) is 15.7 Å². The van der Waals surface area contributed by atoms with E-state index in [1.807, 2.05) is 0 Å². The lowest BCUT2D eigenvalue weighted by atomic mass is 10.2. The molecule has 1 aromatic rings. The van der Waals surface area contributed by atoms with Gasteiger partial charge in [0.2, 0.25) is 20.0 Å². The number of nitrogens with one attached hydrogen (secondary N) is 1. The Kier molecular flexibility index (Phi) is 4.96. The zero-order valence-corrected chi connectivity index (χ0v) is 13.3. The van der Waals surface area contributed by atoms with Gasteiger partial charge in [-0.05, 0) is 24.6 Å². The summed E-state index contributed by atoms with van der Waals surface area (Å²) in [6, 6.07) is 2.98. The highest BCUT2D eigenvalue weighted by Crippen LogP contribution is 2.25. The molecule has 0 spiro atoms. The standard InChI is InChI=1S/C9H14BrN3O4S2/c1-6-8(11)4-7(10)5-9(6)19(16,17)13-2-3-18(12,14)15/h4-5,13H,2-3,11H2,1H3,(H2,12,14,15). The lowest BCUT2D eigenvalue weighted by Crippen LogP contribution is -2.32.